The fraction of sp³-hybridized carbons (Fsp3) is 0.684. The first-order valence-corrected chi connectivity index (χ1v) is 8.29. The van der Waals surface area contributed by atoms with Gasteiger partial charge in [0.15, 0.2) is 0 Å². The molecule has 1 N–H and O–H groups in total. The Balaban J connectivity index is 2.16. The van der Waals surface area contributed by atoms with E-state index in [1.807, 2.05) is 13.0 Å². The van der Waals surface area contributed by atoms with Crippen molar-refractivity contribution in [2.45, 2.75) is 70.7 Å². The van der Waals surface area contributed by atoms with Crippen LogP contribution >= 0.6 is 0 Å². The molecule has 4 atom stereocenters. The molecule has 0 aromatic carbocycles. The van der Waals surface area contributed by atoms with Gasteiger partial charge in [-0.2, -0.15) is 0 Å². The van der Waals surface area contributed by atoms with Gasteiger partial charge in [-0.3, -0.25) is 0 Å². The Morgan fingerprint density at radius 1 is 1.29 bits per heavy atom. The van der Waals surface area contributed by atoms with Gasteiger partial charge in [0.2, 0.25) is 0 Å². The molecule has 2 aliphatic heterocycles. The van der Waals surface area contributed by atoms with Gasteiger partial charge in [-0.15, -0.1) is 0 Å². The molecule has 0 aromatic rings. The van der Waals surface area contributed by atoms with Crippen LogP contribution in [0.4, 0.5) is 0 Å². The maximum Gasteiger partial charge on any atom is 0.0834 e. The van der Waals surface area contributed by atoms with Crippen molar-refractivity contribution >= 4 is 0 Å². The largest absolute Gasteiger partial charge is 0.386 e. The Hall–Kier alpha value is -0.860. The van der Waals surface area contributed by atoms with Gasteiger partial charge < -0.3 is 9.84 Å². The number of allylic oxidation sites excluding steroid dienone is 1. The van der Waals surface area contributed by atoms with Gasteiger partial charge in [-0.25, -0.2) is 0 Å². The summed E-state index contributed by atoms with van der Waals surface area (Å²) in [7, 11) is 0. The molecule has 0 amide bonds. The van der Waals surface area contributed by atoms with Crippen LogP contribution in [0.15, 0.2) is 36.5 Å². The van der Waals surface area contributed by atoms with Crippen molar-refractivity contribution in [2.24, 2.45) is 11.8 Å². The number of hydrogen-bond acceptors (Lipinski definition) is 2. The second kappa shape index (κ2) is 6.93. The molecule has 0 saturated carbocycles. The summed E-state index contributed by atoms with van der Waals surface area (Å²) in [5.74, 6) is 1.05. The SMILES string of the molecule is C=C1CCC(C(C)C)/C=C/C(C)(O)C/C=C/C2CCC1O2. The van der Waals surface area contributed by atoms with Crippen molar-refractivity contribution in [1.29, 1.82) is 0 Å². The molecular weight excluding hydrogens is 260 g/mol. The number of rotatable bonds is 1. The maximum absolute atomic E-state index is 10.5. The Morgan fingerprint density at radius 2 is 2.05 bits per heavy atom. The fourth-order valence-electron chi connectivity index (χ4n) is 3.13. The maximum atomic E-state index is 10.5. The van der Waals surface area contributed by atoms with Gasteiger partial charge in [0.1, 0.15) is 0 Å². The summed E-state index contributed by atoms with van der Waals surface area (Å²) in [6.45, 7) is 10.6. The molecule has 2 heteroatoms. The summed E-state index contributed by atoms with van der Waals surface area (Å²) in [4.78, 5) is 0. The summed E-state index contributed by atoms with van der Waals surface area (Å²) in [6, 6.07) is 0. The number of fused-ring (bicyclic) bond motifs is 2. The lowest BCUT2D eigenvalue weighted by Gasteiger charge is -2.22. The van der Waals surface area contributed by atoms with Gasteiger partial charge in [0, 0.05) is 0 Å². The highest BCUT2D eigenvalue weighted by atomic mass is 16.5. The van der Waals surface area contributed by atoms with Crippen LogP contribution in [0.1, 0.15) is 52.9 Å². The fourth-order valence-corrected chi connectivity index (χ4v) is 3.13. The highest BCUT2D eigenvalue weighted by Gasteiger charge is 2.26. The molecule has 0 aliphatic carbocycles. The predicted molar refractivity (Wildman–Crippen MR) is 88.1 cm³/mol. The van der Waals surface area contributed by atoms with Crippen molar-refractivity contribution in [1.82, 2.24) is 0 Å². The van der Waals surface area contributed by atoms with E-state index in [1.165, 1.54) is 5.57 Å². The van der Waals surface area contributed by atoms with Gasteiger partial charge in [-0.1, -0.05) is 44.7 Å². The van der Waals surface area contributed by atoms with Crippen molar-refractivity contribution in [3.63, 3.8) is 0 Å². The lowest BCUT2D eigenvalue weighted by molar-refractivity contribution is 0.0901. The summed E-state index contributed by atoms with van der Waals surface area (Å²) < 4.78 is 6.06. The van der Waals surface area contributed by atoms with Crippen LogP contribution in [0, 0.1) is 11.8 Å². The monoisotopic (exact) mass is 290 g/mol. The van der Waals surface area contributed by atoms with E-state index < -0.39 is 5.60 Å². The summed E-state index contributed by atoms with van der Waals surface area (Å²) in [6.07, 6.45) is 13.6. The molecule has 2 nitrogen and oxygen atoms in total. The normalized spacial score (nSPS) is 41.2. The molecule has 1 fully saturated rings. The second-order valence-electron chi connectivity index (χ2n) is 7.19. The molecular formula is C19H30O2. The lowest BCUT2D eigenvalue weighted by atomic mass is 9.86. The summed E-state index contributed by atoms with van der Waals surface area (Å²) in [5, 5.41) is 10.5. The van der Waals surface area contributed by atoms with Crippen molar-refractivity contribution in [2.75, 3.05) is 0 Å². The van der Waals surface area contributed by atoms with Crippen LogP contribution in [0.2, 0.25) is 0 Å². The van der Waals surface area contributed by atoms with Crippen molar-refractivity contribution in [3.05, 3.63) is 36.5 Å². The minimum absolute atomic E-state index is 0.188. The van der Waals surface area contributed by atoms with Gasteiger partial charge in [0.05, 0.1) is 17.8 Å². The Labute approximate surface area is 129 Å². The lowest BCUT2D eigenvalue weighted by Crippen LogP contribution is -2.20. The molecule has 2 aliphatic rings. The standard InChI is InChI=1S/C19H30O2/c1-14(2)16-8-7-15(3)18-10-9-17(21-18)6-5-12-19(4,20)13-11-16/h5-6,11,13-14,16-18,20H,3,7-10,12H2,1-2,4H3/b6-5+,13-11+. The zero-order chi connectivity index (χ0) is 15.5. The molecule has 4 unspecified atom stereocenters. The first-order valence-electron chi connectivity index (χ1n) is 8.29. The van der Waals surface area contributed by atoms with Gasteiger partial charge in [0.25, 0.3) is 0 Å². The summed E-state index contributed by atoms with van der Waals surface area (Å²) in [5.41, 5.74) is 0.461. The van der Waals surface area contributed by atoms with Gasteiger partial charge >= 0.3 is 0 Å². The highest BCUT2D eigenvalue weighted by Crippen LogP contribution is 2.31. The van der Waals surface area contributed by atoms with E-state index in [-0.39, 0.29) is 12.2 Å². The second-order valence-corrected chi connectivity index (χ2v) is 7.19. The van der Waals surface area contributed by atoms with E-state index in [2.05, 4.69) is 38.7 Å². The van der Waals surface area contributed by atoms with Crippen LogP contribution in [-0.4, -0.2) is 22.9 Å². The first kappa shape index (κ1) is 16.5. The molecule has 0 aromatic heterocycles. The van der Waals surface area contributed by atoms with E-state index in [0.29, 0.717) is 18.3 Å². The van der Waals surface area contributed by atoms with Crippen molar-refractivity contribution in [3.8, 4) is 0 Å². The smallest absolute Gasteiger partial charge is 0.0834 e. The van der Waals surface area contributed by atoms with E-state index >= 15 is 0 Å². The van der Waals surface area contributed by atoms with Crippen LogP contribution in [0.5, 0.6) is 0 Å². The molecule has 2 heterocycles. The molecule has 118 valence electrons. The zero-order valence-corrected chi connectivity index (χ0v) is 13.7. The average Bonchev–Trinajstić information content (AvgIpc) is 2.86. The molecule has 21 heavy (non-hydrogen) atoms. The minimum Gasteiger partial charge on any atom is -0.386 e. The quantitative estimate of drug-likeness (QED) is 0.725. The van der Waals surface area contributed by atoms with Gasteiger partial charge in [-0.05, 0) is 56.4 Å². The molecule has 2 bridgehead atoms. The highest BCUT2D eigenvalue weighted by molar-refractivity contribution is 5.11. The predicted octanol–water partition coefficient (Wildman–Crippen LogP) is 4.41. The third kappa shape index (κ3) is 4.82. The van der Waals surface area contributed by atoms with E-state index in [9.17, 15) is 5.11 Å². The molecule has 2 rings (SSSR count). The first-order chi connectivity index (χ1) is 9.87. The topological polar surface area (TPSA) is 29.5 Å². The van der Waals surface area contributed by atoms with E-state index in [4.69, 9.17) is 4.74 Å². The molecule has 0 radical (unpaired) electrons. The Kier molecular flexibility index (Phi) is 5.45. The molecule has 0 spiro atoms. The average molecular weight is 290 g/mol. The third-order valence-corrected chi connectivity index (χ3v) is 4.75. The number of hydrogen-bond donors (Lipinski definition) is 1. The van der Waals surface area contributed by atoms with E-state index in [1.54, 1.807) is 0 Å². The Bertz CT molecular complexity index is 417. The zero-order valence-electron chi connectivity index (χ0n) is 13.7. The van der Waals surface area contributed by atoms with Crippen LogP contribution in [0.3, 0.4) is 0 Å². The number of ether oxygens (including phenoxy) is 1. The van der Waals surface area contributed by atoms with Crippen LogP contribution in [-0.2, 0) is 4.74 Å². The summed E-state index contributed by atoms with van der Waals surface area (Å²) >= 11 is 0. The van der Waals surface area contributed by atoms with Crippen LogP contribution < -0.4 is 0 Å². The third-order valence-electron chi connectivity index (χ3n) is 4.75. The van der Waals surface area contributed by atoms with E-state index in [0.717, 1.165) is 25.7 Å². The molecule has 1 saturated heterocycles. The Morgan fingerprint density at radius 3 is 2.76 bits per heavy atom. The minimum atomic E-state index is -0.771. The van der Waals surface area contributed by atoms with Crippen LogP contribution in [0.25, 0.3) is 0 Å². The van der Waals surface area contributed by atoms with Crippen molar-refractivity contribution < 1.29 is 9.84 Å². The number of aliphatic hydroxyl groups is 1.